The van der Waals surface area contributed by atoms with Gasteiger partial charge in [0.05, 0.1) is 32.1 Å². The van der Waals surface area contributed by atoms with Gasteiger partial charge in [-0.1, -0.05) is 36.4 Å². The molecule has 1 N–H and O–H groups in total. The first-order chi connectivity index (χ1) is 16.7. The molecule has 0 fully saturated rings. The van der Waals surface area contributed by atoms with Crippen molar-refractivity contribution in [3.05, 3.63) is 76.7 Å². The monoisotopic (exact) mass is 468 g/mol. The summed E-state index contributed by atoms with van der Waals surface area (Å²) in [4.78, 5) is 21.4. The summed E-state index contributed by atoms with van der Waals surface area (Å²) in [5.41, 5.74) is 1.05. The summed E-state index contributed by atoms with van der Waals surface area (Å²) in [5, 5.41) is 2.97. The number of hydrogen-bond acceptors (Lipinski definition) is 7. The van der Waals surface area contributed by atoms with Crippen molar-refractivity contribution in [1.82, 2.24) is 19.6 Å². The van der Waals surface area contributed by atoms with Crippen molar-refractivity contribution in [3.8, 4) is 22.9 Å². The number of rotatable bonds is 13. The fourth-order valence-corrected chi connectivity index (χ4v) is 3.13. The van der Waals surface area contributed by atoms with Crippen molar-refractivity contribution < 1.29 is 23.3 Å². The number of nitrogens with zero attached hydrogens (tertiary/aromatic N) is 3. The molecular formula is C24H25FN4O5. The number of aromatic amines is 1. The molecule has 9 nitrogen and oxygen atoms in total. The number of hydrogen-bond donors (Lipinski definition) is 1. The highest BCUT2D eigenvalue weighted by Crippen LogP contribution is 2.20. The molecule has 2 aromatic carbocycles. The van der Waals surface area contributed by atoms with E-state index in [1.165, 1.54) is 10.6 Å². The summed E-state index contributed by atoms with van der Waals surface area (Å²) in [5.74, 6) is 2.03. The molecule has 34 heavy (non-hydrogen) atoms. The molecule has 0 saturated carbocycles. The summed E-state index contributed by atoms with van der Waals surface area (Å²) in [6, 6.07) is 18.1. The van der Waals surface area contributed by atoms with Crippen molar-refractivity contribution in [2.75, 3.05) is 39.7 Å². The molecule has 0 spiro atoms. The van der Waals surface area contributed by atoms with Gasteiger partial charge in [-0.15, -0.1) is 0 Å². The molecule has 10 heteroatoms. The molecular weight excluding hydrogens is 443 g/mol. The van der Waals surface area contributed by atoms with Gasteiger partial charge in [0.25, 0.3) is 11.3 Å². The highest BCUT2D eigenvalue weighted by molar-refractivity contribution is 5.56. The number of ether oxygens (including phenoxy) is 4. The van der Waals surface area contributed by atoms with Gasteiger partial charge in [-0.25, -0.2) is 9.37 Å². The summed E-state index contributed by atoms with van der Waals surface area (Å²) in [7, 11) is 0. The Labute approximate surface area is 195 Å². The lowest BCUT2D eigenvalue weighted by Gasteiger charge is -2.10. The first-order valence-electron chi connectivity index (χ1n) is 10.8. The normalized spacial score (nSPS) is 11.1. The van der Waals surface area contributed by atoms with Crippen LogP contribution < -0.4 is 15.0 Å². The second-order valence-electron chi connectivity index (χ2n) is 7.19. The van der Waals surface area contributed by atoms with Gasteiger partial charge in [-0.05, 0) is 12.1 Å². The van der Waals surface area contributed by atoms with E-state index in [0.29, 0.717) is 49.4 Å². The number of alkyl halides is 1. The number of halogens is 1. The van der Waals surface area contributed by atoms with Gasteiger partial charge in [0.2, 0.25) is 0 Å². The SMILES string of the molecule is O=c1cc(COc2cccc(OCCOCCOCCF)c2)nc2nc(-c3ccccc3)[nH]n12. The number of aromatic nitrogens is 4. The van der Waals surface area contributed by atoms with Crippen molar-refractivity contribution in [1.29, 1.82) is 0 Å². The maximum Gasteiger partial charge on any atom is 0.274 e. The average Bonchev–Trinajstić information content (AvgIpc) is 3.30. The zero-order valence-corrected chi connectivity index (χ0v) is 18.5. The smallest absolute Gasteiger partial charge is 0.274 e. The van der Waals surface area contributed by atoms with Crippen LogP contribution in [0.25, 0.3) is 17.2 Å². The van der Waals surface area contributed by atoms with Crippen LogP contribution in [0.2, 0.25) is 0 Å². The van der Waals surface area contributed by atoms with Crippen LogP contribution in [0.1, 0.15) is 5.69 Å². The predicted octanol–water partition coefficient (Wildman–Crippen LogP) is 3.05. The largest absolute Gasteiger partial charge is 0.491 e. The van der Waals surface area contributed by atoms with Gasteiger partial charge in [0.15, 0.2) is 5.82 Å². The molecule has 2 aromatic heterocycles. The van der Waals surface area contributed by atoms with Crippen LogP contribution in [0.15, 0.2) is 65.5 Å². The first kappa shape index (κ1) is 23.4. The Kier molecular flexibility index (Phi) is 8.20. The van der Waals surface area contributed by atoms with Crippen LogP contribution in [-0.2, 0) is 16.1 Å². The second-order valence-corrected chi connectivity index (χ2v) is 7.19. The zero-order chi connectivity index (χ0) is 23.6. The van der Waals surface area contributed by atoms with E-state index in [1.807, 2.05) is 42.5 Å². The van der Waals surface area contributed by atoms with E-state index in [2.05, 4.69) is 15.1 Å². The lowest BCUT2D eigenvalue weighted by atomic mass is 10.2. The predicted molar refractivity (Wildman–Crippen MR) is 123 cm³/mol. The molecule has 0 aliphatic rings. The topological polar surface area (TPSA) is 100.0 Å². The van der Waals surface area contributed by atoms with Crippen LogP contribution in [0.3, 0.4) is 0 Å². The molecule has 0 aliphatic heterocycles. The number of fused-ring (bicyclic) bond motifs is 1. The fraction of sp³-hybridized carbons (Fsp3) is 0.292. The first-order valence-corrected chi connectivity index (χ1v) is 10.8. The summed E-state index contributed by atoms with van der Waals surface area (Å²) in [6.07, 6.45) is 0. The Balaban J connectivity index is 1.31. The highest BCUT2D eigenvalue weighted by Gasteiger charge is 2.10. The molecule has 0 unspecified atom stereocenters. The number of benzene rings is 2. The van der Waals surface area contributed by atoms with E-state index in [-0.39, 0.29) is 24.6 Å². The molecule has 2 heterocycles. The Morgan fingerprint density at radius 2 is 1.56 bits per heavy atom. The fourth-order valence-electron chi connectivity index (χ4n) is 3.13. The van der Waals surface area contributed by atoms with Crippen LogP contribution in [0.4, 0.5) is 4.39 Å². The van der Waals surface area contributed by atoms with Crippen molar-refractivity contribution in [3.63, 3.8) is 0 Å². The molecule has 0 saturated heterocycles. The van der Waals surface area contributed by atoms with Crippen molar-refractivity contribution in [2.24, 2.45) is 0 Å². The Bertz CT molecular complexity index is 1250. The van der Waals surface area contributed by atoms with Gasteiger partial charge in [-0.3, -0.25) is 9.89 Å². The third kappa shape index (κ3) is 6.40. The minimum absolute atomic E-state index is 0.0847. The van der Waals surface area contributed by atoms with Crippen molar-refractivity contribution in [2.45, 2.75) is 6.61 Å². The minimum Gasteiger partial charge on any atom is -0.491 e. The third-order valence-electron chi connectivity index (χ3n) is 4.71. The van der Waals surface area contributed by atoms with E-state index in [0.717, 1.165) is 5.56 Å². The van der Waals surface area contributed by atoms with Crippen LogP contribution in [0, 0.1) is 0 Å². The summed E-state index contributed by atoms with van der Waals surface area (Å²) >= 11 is 0. The zero-order valence-electron chi connectivity index (χ0n) is 18.5. The van der Waals surface area contributed by atoms with Crippen LogP contribution in [-0.4, -0.2) is 59.3 Å². The minimum atomic E-state index is -0.499. The summed E-state index contributed by atoms with van der Waals surface area (Å²) < 4.78 is 35.0. The standard InChI is InChI=1S/C24H25FN4O5/c25-9-10-31-11-12-32-13-14-33-20-7-4-8-21(16-20)34-17-19-15-22(30)29-24(26-19)27-23(28-29)18-5-2-1-3-6-18/h1-8,15-16H,9-14,17H2,(H,26,27,28). The summed E-state index contributed by atoms with van der Waals surface area (Å²) in [6.45, 7) is 1.15. The van der Waals surface area contributed by atoms with Crippen molar-refractivity contribution >= 4 is 5.78 Å². The molecule has 4 aromatic rings. The third-order valence-corrected chi connectivity index (χ3v) is 4.71. The molecule has 0 aliphatic carbocycles. The second kappa shape index (κ2) is 11.9. The van der Waals surface area contributed by atoms with E-state index >= 15 is 0 Å². The highest BCUT2D eigenvalue weighted by atomic mass is 19.1. The van der Waals surface area contributed by atoms with Gasteiger partial charge in [0, 0.05) is 17.7 Å². The molecule has 0 atom stereocenters. The Morgan fingerprint density at radius 1 is 0.824 bits per heavy atom. The van der Waals surface area contributed by atoms with E-state index in [4.69, 9.17) is 18.9 Å². The lowest BCUT2D eigenvalue weighted by Crippen LogP contribution is -2.16. The van der Waals surface area contributed by atoms with Gasteiger partial charge in [-0.2, -0.15) is 9.50 Å². The molecule has 4 rings (SSSR count). The maximum absolute atomic E-state index is 12.5. The average molecular weight is 468 g/mol. The van der Waals surface area contributed by atoms with E-state index < -0.39 is 6.67 Å². The molecule has 0 bridgehead atoms. The molecule has 178 valence electrons. The molecule has 0 amide bonds. The van der Waals surface area contributed by atoms with Gasteiger partial charge in [0.1, 0.15) is 31.4 Å². The van der Waals surface area contributed by atoms with E-state index in [9.17, 15) is 9.18 Å². The number of H-pyrrole nitrogens is 1. The van der Waals surface area contributed by atoms with Gasteiger partial charge >= 0.3 is 0 Å². The van der Waals surface area contributed by atoms with Crippen LogP contribution in [0.5, 0.6) is 11.5 Å². The molecule has 0 radical (unpaired) electrons. The lowest BCUT2D eigenvalue weighted by molar-refractivity contribution is 0.0325. The Hall–Kier alpha value is -3.76. The maximum atomic E-state index is 12.5. The van der Waals surface area contributed by atoms with E-state index in [1.54, 1.807) is 12.1 Å². The quantitative estimate of drug-likeness (QED) is 0.301. The van der Waals surface area contributed by atoms with Gasteiger partial charge < -0.3 is 18.9 Å². The number of nitrogens with one attached hydrogen (secondary N) is 1. The van der Waals surface area contributed by atoms with Crippen LogP contribution >= 0.6 is 0 Å². The Morgan fingerprint density at radius 3 is 2.35 bits per heavy atom.